The lowest BCUT2D eigenvalue weighted by molar-refractivity contribution is 0.360. The topological polar surface area (TPSA) is 9.23 Å². The summed E-state index contributed by atoms with van der Waals surface area (Å²) in [6.45, 7) is 9.09. The highest BCUT2D eigenvalue weighted by atomic mass is 32.1. The molecule has 2 heteroatoms. The molecule has 0 unspecified atom stereocenters. The molecular formula is C48H44OS. The minimum absolute atomic E-state index is 0.522. The molecule has 6 rings (SSSR count). The van der Waals surface area contributed by atoms with E-state index in [1.54, 1.807) is 0 Å². The van der Waals surface area contributed by atoms with Crippen molar-refractivity contribution in [2.24, 2.45) is 0 Å². The summed E-state index contributed by atoms with van der Waals surface area (Å²) >= 11 is 1.84. The summed E-state index contributed by atoms with van der Waals surface area (Å²) in [6, 6.07) is 38.7. The Morgan fingerprint density at radius 3 is 2.12 bits per heavy atom. The fraction of sp³-hybridized carbons (Fsp3) is 0.125. The molecule has 0 atom stereocenters. The Balaban J connectivity index is 1.41. The van der Waals surface area contributed by atoms with E-state index in [4.69, 9.17) is 4.74 Å². The van der Waals surface area contributed by atoms with Gasteiger partial charge in [-0.1, -0.05) is 146 Å². The summed E-state index contributed by atoms with van der Waals surface area (Å²) in [5, 5.41) is 3.71. The van der Waals surface area contributed by atoms with Crippen LogP contribution in [0.3, 0.4) is 0 Å². The van der Waals surface area contributed by atoms with E-state index in [0.717, 1.165) is 17.7 Å². The molecule has 0 spiro atoms. The van der Waals surface area contributed by atoms with Gasteiger partial charge < -0.3 is 4.74 Å². The van der Waals surface area contributed by atoms with Crippen LogP contribution in [0.5, 0.6) is 5.75 Å². The zero-order chi connectivity index (χ0) is 34.7. The SMILES string of the molecule is C/C=C\C=C(/C)c1ccccccc(/C(C)=C/C(=C\C)/C=C/c2sc3ccccc3c2C2=C/COc3ccccc3C/C=C\2)c2ccccc12. The quantitative estimate of drug-likeness (QED) is 0.157. The summed E-state index contributed by atoms with van der Waals surface area (Å²) in [7, 11) is 0. The highest BCUT2D eigenvalue weighted by molar-refractivity contribution is 7.20. The van der Waals surface area contributed by atoms with Crippen molar-refractivity contribution in [1.82, 2.24) is 0 Å². The maximum atomic E-state index is 6.23. The van der Waals surface area contributed by atoms with Crippen molar-refractivity contribution in [2.75, 3.05) is 6.61 Å². The van der Waals surface area contributed by atoms with Gasteiger partial charge in [0.25, 0.3) is 0 Å². The highest BCUT2D eigenvalue weighted by Crippen LogP contribution is 2.38. The van der Waals surface area contributed by atoms with Crippen LogP contribution in [-0.2, 0) is 6.42 Å². The summed E-state index contributed by atoms with van der Waals surface area (Å²) in [5.74, 6) is 0.956. The van der Waals surface area contributed by atoms with E-state index < -0.39 is 0 Å². The minimum atomic E-state index is 0.522. The molecule has 0 N–H and O–H groups in total. The van der Waals surface area contributed by atoms with Crippen LogP contribution < -0.4 is 4.74 Å². The number of allylic oxidation sites excluding steroid dienone is 12. The third-order valence-corrected chi connectivity index (χ3v) is 10.1. The van der Waals surface area contributed by atoms with E-state index in [9.17, 15) is 0 Å². The Kier molecular flexibility index (Phi) is 11.6. The molecular weight excluding hydrogens is 625 g/mol. The molecule has 1 nitrogen and oxygen atoms in total. The van der Waals surface area contributed by atoms with E-state index in [1.807, 2.05) is 17.4 Å². The monoisotopic (exact) mass is 668 g/mol. The van der Waals surface area contributed by atoms with Crippen molar-refractivity contribution in [1.29, 1.82) is 0 Å². The summed E-state index contributed by atoms with van der Waals surface area (Å²) in [6.07, 6.45) is 23.0. The average molecular weight is 669 g/mol. The first-order chi connectivity index (χ1) is 24.6. The Morgan fingerprint density at radius 2 is 1.38 bits per heavy atom. The Bertz CT molecular complexity index is 2280. The van der Waals surface area contributed by atoms with Gasteiger partial charge in [0, 0.05) is 20.5 Å². The predicted octanol–water partition coefficient (Wildman–Crippen LogP) is 13.8. The van der Waals surface area contributed by atoms with Crippen molar-refractivity contribution in [3.8, 4) is 5.75 Å². The van der Waals surface area contributed by atoms with Gasteiger partial charge in [0.2, 0.25) is 0 Å². The van der Waals surface area contributed by atoms with Crippen molar-refractivity contribution < 1.29 is 4.74 Å². The number of para-hydroxylation sites is 1. The van der Waals surface area contributed by atoms with Gasteiger partial charge in [0.15, 0.2) is 0 Å². The zero-order valence-corrected chi connectivity index (χ0v) is 30.2. The predicted molar refractivity (Wildman–Crippen MR) is 221 cm³/mol. The van der Waals surface area contributed by atoms with E-state index in [2.05, 4.69) is 192 Å². The van der Waals surface area contributed by atoms with Gasteiger partial charge in [-0.3, -0.25) is 0 Å². The third kappa shape index (κ3) is 8.05. The first kappa shape index (κ1) is 34.4. The molecule has 0 amide bonds. The average Bonchev–Trinajstić information content (AvgIpc) is 3.55. The van der Waals surface area contributed by atoms with Crippen LogP contribution in [0.25, 0.3) is 43.7 Å². The highest BCUT2D eigenvalue weighted by Gasteiger charge is 2.14. The Morgan fingerprint density at radius 1 is 0.720 bits per heavy atom. The largest absolute Gasteiger partial charge is 0.489 e. The van der Waals surface area contributed by atoms with E-state index in [-0.39, 0.29) is 0 Å². The fourth-order valence-corrected chi connectivity index (χ4v) is 7.52. The zero-order valence-electron chi connectivity index (χ0n) is 29.4. The second kappa shape index (κ2) is 16.8. The van der Waals surface area contributed by atoms with Crippen molar-refractivity contribution >= 4 is 55.0 Å². The molecule has 5 aromatic rings. The summed E-state index contributed by atoms with van der Waals surface area (Å²) in [4.78, 5) is 1.24. The molecule has 50 heavy (non-hydrogen) atoms. The van der Waals surface area contributed by atoms with Crippen LogP contribution in [0.1, 0.15) is 54.8 Å². The molecule has 1 aliphatic heterocycles. The molecule has 248 valence electrons. The second-order valence-corrected chi connectivity index (χ2v) is 13.4. The van der Waals surface area contributed by atoms with E-state index >= 15 is 0 Å². The Labute approximate surface area is 301 Å². The molecule has 1 aliphatic rings. The fourth-order valence-electron chi connectivity index (χ4n) is 6.39. The van der Waals surface area contributed by atoms with Gasteiger partial charge >= 0.3 is 0 Å². The van der Waals surface area contributed by atoms with E-state index in [0.29, 0.717) is 6.61 Å². The third-order valence-electron chi connectivity index (χ3n) is 8.96. The van der Waals surface area contributed by atoms with Crippen LogP contribution >= 0.6 is 11.3 Å². The number of hydrogen-bond donors (Lipinski definition) is 0. The van der Waals surface area contributed by atoms with Gasteiger partial charge in [-0.25, -0.2) is 0 Å². The smallest absolute Gasteiger partial charge is 0.123 e. The van der Waals surface area contributed by atoms with Gasteiger partial charge in [0.1, 0.15) is 12.4 Å². The molecule has 0 fully saturated rings. The lowest BCUT2D eigenvalue weighted by Gasteiger charge is -2.10. The number of ether oxygens (including phenoxy) is 1. The van der Waals surface area contributed by atoms with Gasteiger partial charge in [-0.05, 0) is 108 Å². The maximum absolute atomic E-state index is 6.23. The van der Waals surface area contributed by atoms with Crippen LogP contribution in [0.15, 0.2) is 169 Å². The summed E-state index contributed by atoms with van der Waals surface area (Å²) < 4.78 is 7.51. The molecule has 4 aromatic carbocycles. The van der Waals surface area contributed by atoms with Gasteiger partial charge in [-0.2, -0.15) is 0 Å². The van der Waals surface area contributed by atoms with E-state index in [1.165, 1.54) is 64.7 Å². The summed E-state index contributed by atoms with van der Waals surface area (Å²) in [5.41, 5.74) is 9.66. The number of thiophene rings is 1. The van der Waals surface area contributed by atoms with Crippen LogP contribution in [0.4, 0.5) is 0 Å². The maximum Gasteiger partial charge on any atom is 0.123 e. The van der Waals surface area contributed by atoms with Crippen LogP contribution in [0.2, 0.25) is 0 Å². The molecule has 0 aliphatic carbocycles. The number of benzene rings is 3. The number of rotatable bonds is 7. The number of fused-ring (bicyclic) bond motifs is 3. The molecule has 0 saturated heterocycles. The molecule has 1 aromatic heterocycles. The first-order valence-electron chi connectivity index (χ1n) is 17.3. The van der Waals surface area contributed by atoms with Crippen LogP contribution in [-0.4, -0.2) is 6.61 Å². The van der Waals surface area contributed by atoms with Gasteiger partial charge in [0.05, 0.1) is 0 Å². The van der Waals surface area contributed by atoms with Crippen molar-refractivity contribution in [3.05, 3.63) is 197 Å². The van der Waals surface area contributed by atoms with Crippen molar-refractivity contribution in [3.63, 3.8) is 0 Å². The van der Waals surface area contributed by atoms with Crippen LogP contribution in [0, 0.1) is 0 Å². The first-order valence-corrected chi connectivity index (χ1v) is 18.2. The lowest BCUT2D eigenvalue weighted by Crippen LogP contribution is -1.97. The normalized spacial score (nSPS) is 15.9. The standard InChI is InChI=1S/C48H44OS/c1-5-7-19-35(3)40-23-10-8-9-11-24-41(43-26-14-13-25-42(40)43)36(4)34-37(6-2)30-31-47-48(44-27-15-17-29-46(44)50-47)39-22-18-21-38-20-12-16-28-45(38)49-33-32-39/h5-20,22-32,34H,21,33H2,1-4H3/b7-5-,9-8?,10-8?,11-9?,22-18-,23-10?,24-11?,31-30+,35-19+,36-34+,37-6-,39-32+,40-23?,41-24?,42-40?,43-41?. The second-order valence-electron chi connectivity index (χ2n) is 12.3. The number of hydrogen-bond acceptors (Lipinski definition) is 2. The molecule has 0 saturated carbocycles. The molecule has 0 radical (unpaired) electrons. The van der Waals surface area contributed by atoms with Gasteiger partial charge in [-0.15, -0.1) is 11.3 Å². The lowest BCUT2D eigenvalue weighted by atomic mass is 9.95. The Hall–Kier alpha value is -5.44. The molecule has 0 bridgehead atoms. The minimum Gasteiger partial charge on any atom is -0.489 e. The molecule has 2 heterocycles. The van der Waals surface area contributed by atoms with Crippen molar-refractivity contribution in [2.45, 2.75) is 34.1 Å².